The molecule has 2 N–H and O–H groups in total. The molecule has 5 heteroatoms. The van der Waals surface area contributed by atoms with E-state index in [0.717, 1.165) is 29.5 Å². The molecule has 0 spiro atoms. The minimum atomic E-state index is -0.151. The van der Waals surface area contributed by atoms with E-state index in [2.05, 4.69) is 15.9 Å². The predicted octanol–water partition coefficient (Wildman–Crippen LogP) is 2.65. The van der Waals surface area contributed by atoms with Crippen LogP contribution in [-0.4, -0.2) is 26.9 Å². The van der Waals surface area contributed by atoms with Gasteiger partial charge in [-0.3, -0.25) is 0 Å². The standard InChI is InChI=1S/C13H18BrNO3/c1-16-11-6-8(9(14)7-12(11)17-2)13(15)10-4-3-5-18-10/h6-7,10,13H,3-5,15H2,1-2H3. The van der Waals surface area contributed by atoms with Crippen LogP contribution in [0.5, 0.6) is 11.5 Å². The average Bonchev–Trinajstić information content (AvgIpc) is 2.91. The van der Waals surface area contributed by atoms with Gasteiger partial charge in [-0.15, -0.1) is 0 Å². The number of ether oxygens (including phenoxy) is 3. The minimum absolute atomic E-state index is 0.0828. The quantitative estimate of drug-likeness (QED) is 0.928. The highest BCUT2D eigenvalue weighted by molar-refractivity contribution is 9.10. The molecule has 2 atom stereocenters. The van der Waals surface area contributed by atoms with Crippen molar-refractivity contribution in [3.63, 3.8) is 0 Å². The Kier molecular flexibility index (Phi) is 4.48. The van der Waals surface area contributed by atoms with Gasteiger partial charge in [0.05, 0.1) is 26.4 Å². The van der Waals surface area contributed by atoms with Gasteiger partial charge in [-0.05, 0) is 30.5 Å². The molecule has 1 aromatic rings. The van der Waals surface area contributed by atoms with E-state index in [1.807, 2.05) is 12.1 Å². The summed E-state index contributed by atoms with van der Waals surface area (Å²) in [6.45, 7) is 0.795. The van der Waals surface area contributed by atoms with E-state index in [-0.39, 0.29) is 12.1 Å². The Morgan fingerprint density at radius 2 is 2.00 bits per heavy atom. The Labute approximate surface area is 116 Å². The van der Waals surface area contributed by atoms with Crippen LogP contribution in [0.2, 0.25) is 0 Å². The third kappa shape index (κ3) is 2.63. The van der Waals surface area contributed by atoms with Gasteiger partial charge in [0.2, 0.25) is 0 Å². The monoisotopic (exact) mass is 315 g/mol. The number of hydrogen-bond acceptors (Lipinski definition) is 4. The number of methoxy groups -OCH3 is 2. The zero-order valence-electron chi connectivity index (χ0n) is 10.6. The Balaban J connectivity index is 2.31. The van der Waals surface area contributed by atoms with Crippen molar-refractivity contribution in [1.82, 2.24) is 0 Å². The molecule has 100 valence electrons. The fourth-order valence-corrected chi connectivity index (χ4v) is 2.80. The van der Waals surface area contributed by atoms with Crippen LogP contribution < -0.4 is 15.2 Å². The van der Waals surface area contributed by atoms with Crippen molar-refractivity contribution in [3.05, 3.63) is 22.2 Å². The van der Waals surface area contributed by atoms with E-state index in [4.69, 9.17) is 19.9 Å². The van der Waals surface area contributed by atoms with Crippen LogP contribution in [0.25, 0.3) is 0 Å². The highest BCUT2D eigenvalue weighted by Crippen LogP contribution is 2.37. The molecule has 0 bridgehead atoms. The first kappa shape index (κ1) is 13.6. The Morgan fingerprint density at radius 1 is 1.33 bits per heavy atom. The van der Waals surface area contributed by atoms with Crippen LogP contribution in [-0.2, 0) is 4.74 Å². The van der Waals surface area contributed by atoms with Crippen molar-refractivity contribution in [2.75, 3.05) is 20.8 Å². The van der Waals surface area contributed by atoms with Crippen molar-refractivity contribution >= 4 is 15.9 Å². The van der Waals surface area contributed by atoms with E-state index in [9.17, 15) is 0 Å². The summed E-state index contributed by atoms with van der Waals surface area (Å²) in [6, 6.07) is 3.64. The molecule has 0 radical (unpaired) electrons. The van der Waals surface area contributed by atoms with E-state index >= 15 is 0 Å². The van der Waals surface area contributed by atoms with Gasteiger partial charge >= 0.3 is 0 Å². The van der Waals surface area contributed by atoms with Gasteiger partial charge in [0.25, 0.3) is 0 Å². The maximum Gasteiger partial charge on any atom is 0.161 e. The number of benzene rings is 1. The summed E-state index contributed by atoms with van der Waals surface area (Å²) in [5.41, 5.74) is 7.25. The molecule has 4 nitrogen and oxygen atoms in total. The largest absolute Gasteiger partial charge is 0.493 e. The first-order chi connectivity index (χ1) is 8.67. The van der Waals surface area contributed by atoms with Crippen LogP contribution in [0, 0.1) is 0 Å². The van der Waals surface area contributed by atoms with E-state index in [1.165, 1.54) is 0 Å². The van der Waals surface area contributed by atoms with Gasteiger partial charge in [-0.1, -0.05) is 15.9 Å². The lowest BCUT2D eigenvalue weighted by molar-refractivity contribution is 0.0898. The SMILES string of the molecule is COc1cc(Br)c(C(N)C2CCCO2)cc1OC. The zero-order valence-corrected chi connectivity index (χ0v) is 12.2. The molecule has 1 aliphatic heterocycles. The summed E-state index contributed by atoms with van der Waals surface area (Å²) < 4.78 is 17.1. The third-order valence-electron chi connectivity index (χ3n) is 3.23. The molecular weight excluding hydrogens is 298 g/mol. The van der Waals surface area contributed by atoms with Gasteiger partial charge in [0.15, 0.2) is 11.5 Å². The van der Waals surface area contributed by atoms with Crippen molar-refractivity contribution in [1.29, 1.82) is 0 Å². The lowest BCUT2D eigenvalue weighted by Gasteiger charge is -2.21. The van der Waals surface area contributed by atoms with Crippen molar-refractivity contribution in [2.24, 2.45) is 5.73 Å². The fraction of sp³-hybridized carbons (Fsp3) is 0.538. The number of halogens is 1. The second-order valence-corrected chi connectivity index (χ2v) is 5.16. The van der Waals surface area contributed by atoms with Crippen LogP contribution in [0.1, 0.15) is 24.4 Å². The summed E-state index contributed by atoms with van der Waals surface area (Å²) in [4.78, 5) is 0. The molecular formula is C13H18BrNO3. The van der Waals surface area contributed by atoms with Gasteiger partial charge in [-0.25, -0.2) is 0 Å². The molecule has 1 aromatic carbocycles. The van der Waals surface area contributed by atoms with Crippen LogP contribution in [0.3, 0.4) is 0 Å². The molecule has 0 aliphatic carbocycles. The maximum absolute atomic E-state index is 6.26. The normalized spacial score (nSPS) is 20.8. The Morgan fingerprint density at radius 3 is 2.56 bits per heavy atom. The lowest BCUT2D eigenvalue weighted by Crippen LogP contribution is -2.25. The number of rotatable bonds is 4. The van der Waals surface area contributed by atoms with E-state index in [1.54, 1.807) is 14.2 Å². The van der Waals surface area contributed by atoms with Crippen molar-refractivity contribution in [2.45, 2.75) is 25.0 Å². The highest BCUT2D eigenvalue weighted by Gasteiger charge is 2.26. The maximum atomic E-state index is 6.26. The molecule has 0 amide bonds. The zero-order chi connectivity index (χ0) is 13.1. The Bertz CT molecular complexity index is 419. The summed E-state index contributed by atoms with van der Waals surface area (Å²) in [6.07, 6.45) is 2.16. The van der Waals surface area contributed by atoms with Gasteiger partial charge in [-0.2, -0.15) is 0 Å². The summed E-state index contributed by atoms with van der Waals surface area (Å²) in [5, 5.41) is 0. The summed E-state index contributed by atoms with van der Waals surface area (Å²) >= 11 is 3.53. The van der Waals surface area contributed by atoms with Gasteiger partial charge < -0.3 is 19.9 Å². The molecule has 2 unspecified atom stereocenters. The molecule has 1 aliphatic rings. The molecule has 1 heterocycles. The summed E-state index contributed by atoms with van der Waals surface area (Å²) in [7, 11) is 3.23. The molecule has 1 saturated heterocycles. The predicted molar refractivity (Wildman–Crippen MR) is 73.1 cm³/mol. The van der Waals surface area contributed by atoms with Gasteiger partial charge in [0.1, 0.15) is 0 Å². The molecule has 18 heavy (non-hydrogen) atoms. The van der Waals surface area contributed by atoms with Crippen LogP contribution in [0.15, 0.2) is 16.6 Å². The first-order valence-electron chi connectivity index (χ1n) is 5.96. The van der Waals surface area contributed by atoms with E-state index < -0.39 is 0 Å². The molecule has 0 aromatic heterocycles. The minimum Gasteiger partial charge on any atom is -0.493 e. The highest BCUT2D eigenvalue weighted by atomic mass is 79.9. The smallest absolute Gasteiger partial charge is 0.161 e. The Hall–Kier alpha value is -0.780. The fourth-order valence-electron chi connectivity index (χ4n) is 2.21. The summed E-state index contributed by atoms with van der Waals surface area (Å²) in [5.74, 6) is 1.37. The first-order valence-corrected chi connectivity index (χ1v) is 6.75. The van der Waals surface area contributed by atoms with Crippen molar-refractivity contribution in [3.8, 4) is 11.5 Å². The molecule has 0 saturated carbocycles. The second-order valence-electron chi connectivity index (χ2n) is 4.31. The van der Waals surface area contributed by atoms with Crippen LogP contribution in [0.4, 0.5) is 0 Å². The third-order valence-corrected chi connectivity index (χ3v) is 3.91. The van der Waals surface area contributed by atoms with Gasteiger partial charge in [0, 0.05) is 11.1 Å². The lowest BCUT2D eigenvalue weighted by atomic mass is 10.00. The average molecular weight is 316 g/mol. The van der Waals surface area contributed by atoms with Crippen LogP contribution >= 0.6 is 15.9 Å². The topological polar surface area (TPSA) is 53.7 Å². The number of nitrogens with two attached hydrogens (primary N) is 1. The van der Waals surface area contributed by atoms with E-state index in [0.29, 0.717) is 11.5 Å². The number of hydrogen-bond donors (Lipinski definition) is 1. The molecule has 1 fully saturated rings. The second kappa shape index (κ2) is 5.91. The molecule has 2 rings (SSSR count). The van der Waals surface area contributed by atoms with Crippen molar-refractivity contribution < 1.29 is 14.2 Å².